The van der Waals surface area contributed by atoms with Gasteiger partial charge < -0.3 is 4.43 Å². The third-order valence-electron chi connectivity index (χ3n) is 3.17. The Hall–Kier alpha value is -0.896. The molecule has 0 amide bonds. The summed E-state index contributed by atoms with van der Waals surface area (Å²) in [5.41, 5.74) is 1.18. The normalized spacial score (nSPS) is 15.6. The van der Waals surface area contributed by atoms with Gasteiger partial charge in [0.1, 0.15) is 5.22 Å². The van der Waals surface area contributed by atoms with Crippen molar-refractivity contribution in [3.05, 3.63) is 35.9 Å². The third kappa shape index (κ3) is 4.31. The zero-order valence-corrected chi connectivity index (χ0v) is 14.9. The molecule has 0 spiro atoms. The van der Waals surface area contributed by atoms with E-state index in [1.807, 2.05) is 18.2 Å². The Morgan fingerprint density at radius 3 is 1.95 bits per heavy atom. The van der Waals surface area contributed by atoms with E-state index in [0.29, 0.717) is 6.42 Å². The molecule has 1 rings (SSSR count). The van der Waals surface area contributed by atoms with Gasteiger partial charge in [0.05, 0.1) is 14.1 Å². The van der Waals surface area contributed by atoms with Gasteiger partial charge in [-0.05, 0) is 25.2 Å². The number of benzene rings is 1. The largest absolute Gasteiger partial charge is 0.402 e. The highest BCUT2D eigenvalue weighted by atomic mass is 28.4. The molecule has 19 heavy (non-hydrogen) atoms. The molecule has 0 N–H and O–H groups in total. The Morgan fingerprint density at radius 2 is 1.58 bits per heavy atom. The van der Waals surface area contributed by atoms with Crippen LogP contribution in [0.2, 0.25) is 39.3 Å². The standard InChI is InChI=1S/C15H25NOSi2/c1-18(2,3)15(13-16,17-19(4,5)6)12-14-10-8-7-9-11-14/h7-11H,12H2,1-6H3. The minimum atomic E-state index is -1.78. The van der Waals surface area contributed by atoms with E-state index in [2.05, 4.69) is 57.5 Å². The Morgan fingerprint density at radius 1 is 1.05 bits per heavy atom. The summed E-state index contributed by atoms with van der Waals surface area (Å²) in [6, 6.07) is 12.8. The van der Waals surface area contributed by atoms with Crippen LogP contribution in [0.3, 0.4) is 0 Å². The smallest absolute Gasteiger partial charge is 0.185 e. The highest BCUT2D eigenvalue weighted by Crippen LogP contribution is 2.31. The minimum Gasteiger partial charge on any atom is -0.402 e. The topological polar surface area (TPSA) is 33.0 Å². The molecule has 1 aromatic rings. The molecule has 2 nitrogen and oxygen atoms in total. The van der Waals surface area contributed by atoms with Crippen molar-refractivity contribution < 1.29 is 4.43 Å². The molecule has 0 aliphatic heterocycles. The summed E-state index contributed by atoms with van der Waals surface area (Å²) in [6.07, 6.45) is 0.699. The molecule has 1 atom stereocenters. The van der Waals surface area contributed by atoms with Crippen molar-refractivity contribution in [1.29, 1.82) is 5.26 Å². The second-order valence-corrected chi connectivity index (χ2v) is 16.8. The van der Waals surface area contributed by atoms with Crippen LogP contribution in [0.5, 0.6) is 0 Å². The van der Waals surface area contributed by atoms with Gasteiger partial charge in [0.15, 0.2) is 8.32 Å². The van der Waals surface area contributed by atoms with E-state index < -0.39 is 21.6 Å². The van der Waals surface area contributed by atoms with E-state index in [1.54, 1.807) is 0 Å². The van der Waals surface area contributed by atoms with Gasteiger partial charge in [0.2, 0.25) is 0 Å². The Bertz CT molecular complexity index is 454. The number of nitrogens with zero attached hydrogens (tertiary/aromatic N) is 1. The fourth-order valence-electron chi connectivity index (χ4n) is 2.09. The van der Waals surface area contributed by atoms with Crippen LogP contribution in [0, 0.1) is 11.3 Å². The van der Waals surface area contributed by atoms with Crippen molar-refractivity contribution >= 4 is 16.4 Å². The molecular weight excluding hydrogens is 266 g/mol. The van der Waals surface area contributed by atoms with E-state index in [4.69, 9.17) is 4.43 Å². The second-order valence-electron chi connectivity index (χ2n) is 7.07. The number of hydrogen-bond donors (Lipinski definition) is 0. The lowest BCUT2D eigenvalue weighted by Crippen LogP contribution is -2.58. The molecule has 0 aromatic heterocycles. The second kappa shape index (κ2) is 5.62. The van der Waals surface area contributed by atoms with Crippen LogP contribution < -0.4 is 0 Å². The fraction of sp³-hybridized carbons (Fsp3) is 0.533. The van der Waals surface area contributed by atoms with E-state index >= 15 is 0 Å². The molecule has 4 heteroatoms. The molecular formula is C15H25NOSi2. The fourth-order valence-corrected chi connectivity index (χ4v) is 6.47. The van der Waals surface area contributed by atoms with Gasteiger partial charge in [-0.2, -0.15) is 5.26 Å². The summed E-state index contributed by atoms with van der Waals surface area (Å²) in [4.78, 5) is 0. The monoisotopic (exact) mass is 291 g/mol. The minimum absolute atomic E-state index is 0.626. The van der Waals surface area contributed by atoms with Crippen molar-refractivity contribution in [3.63, 3.8) is 0 Å². The molecule has 0 bridgehead atoms. The molecule has 0 radical (unpaired) electrons. The maximum atomic E-state index is 9.82. The molecule has 0 heterocycles. The van der Waals surface area contributed by atoms with Gasteiger partial charge in [-0.1, -0.05) is 50.0 Å². The van der Waals surface area contributed by atoms with Crippen LogP contribution in [0.25, 0.3) is 0 Å². The van der Waals surface area contributed by atoms with Gasteiger partial charge >= 0.3 is 0 Å². The summed E-state index contributed by atoms with van der Waals surface area (Å²) in [7, 11) is -3.54. The summed E-state index contributed by atoms with van der Waals surface area (Å²) < 4.78 is 6.38. The summed E-state index contributed by atoms with van der Waals surface area (Å²) in [5.74, 6) is 0. The molecule has 0 saturated carbocycles. The molecule has 1 aromatic carbocycles. The van der Waals surface area contributed by atoms with Gasteiger partial charge in [-0.25, -0.2) is 0 Å². The lowest BCUT2D eigenvalue weighted by atomic mass is 10.1. The van der Waals surface area contributed by atoms with Crippen molar-refractivity contribution in [3.8, 4) is 6.07 Å². The predicted octanol–water partition coefficient (Wildman–Crippen LogP) is 4.22. The average molecular weight is 292 g/mol. The van der Waals surface area contributed by atoms with Crippen molar-refractivity contribution in [2.24, 2.45) is 0 Å². The number of rotatable bonds is 5. The zero-order valence-electron chi connectivity index (χ0n) is 12.9. The first-order valence-corrected chi connectivity index (χ1v) is 13.7. The molecule has 0 aliphatic rings. The van der Waals surface area contributed by atoms with Gasteiger partial charge in [-0.15, -0.1) is 0 Å². The highest BCUT2D eigenvalue weighted by Gasteiger charge is 2.47. The van der Waals surface area contributed by atoms with Crippen molar-refractivity contribution in [1.82, 2.24) is 0 Å². The first-order chi connectivity index (χ1) is 8.60. The quantitative estimate of drug-likeness (QED) is 0.761. The predicted molar refractivity (Wildman–Crippen MR) is 86.3 cm³/mol. The van der Waals surface area contributed by atoms with Crippen molar-refractivity contribution in [2.45, 2.75) is 50.9 Å². The summed E-state index contributed by atoms with van der Waals surface area (Å²) in [6.45, 7) is 13.1. The Labute approximate surface area is 119 Å². The zero-order chi connectivity index (χ0) is 14.7. The molecule has 104 valence electrons. The van der Waals surface area contributed by atoms with Crippen LogP contribution in [-0.2, 0) is 10.8 Å². The van der Waals surface area contributed by atoms with Crippen molar-refractivity contribution in [2.75, 3.05) is 0 Å². The lowest BCUT2D eigenvalue weighted by Gasteiger charge is -2.42. The maximum Gasteiger partial charge on any atom is 0.185 e. The van der Waals surface area contributed by atoms with Crippen LogP contribution in [0.15, 0.2) is 30.3 Å². The van der Waals surface area contributed by atoms with Crippen LogP contribution in [0.1, 0.15) is 5.56 Å². The van der Waals surface area contributed by atoms with E-state index in [9.17, 15) is 5.26 Å². The number of nitriles is 1. The van der Waals surface area contributed by atoms with Crippen LogP contribution >= 0.6 is 0 Å². The average Bonchev–Trinajstić information content (AvgIpc) is 2.26. The molecule has 0 fully saturated rings. The van der Waals surface area contributed by atoms with E-state index in [-0.39, 0.29) is 0 Å². The molecule has 1 unspecified atom stereocenters. The lowest BCUT2D eigenvalue weighted by molar-refractivity contribution is 0.194. The first kappa shape index (κ1) is 16.2. The molecule has 0 saturated heterocycles. The summed E-state index contributed by atoms with van der Waals surface area (Å²) in [5, 5.41) is 9.19. The Kier molecular flexibility index (Phi) is 4.78. The Balaban J connectivity index is 3.16. The van der Waals surface area contributed by atoms with Crippen LogP contribution in [-0.4, -0.2) is 21.6 Å². The maximum absolute atomic E-state index is 9.82. The van der Waals surface area contributed by atoms with Crippen LogP contribution in [0.4, 0.5) is 0 Å². The number of hydrogen-bond acceptors (Lipinski definition) is 2. The van der Waals surface area contributed by atoms with E-state index in [0.717, 1.165) is 0 Å². The highest BCUT2D eigenvalue weighted by molar-refractivity contribution is 6.81. The van der Waals surface area contributed by atoms with Gasteiger partial charge in [0, 0.05) is 6.42 Å². The van der Waals surface area contributed by atoms with E-state index in [1.165, 1.54) is 5.56 Å². The molecule has 0 aliphatic carbocycles. The van der Waals surface area contributed by atoms with Gasteiger partial charge in [0.25, 0.3) is 0 Å². The SMILES string of the molecule is C[Si](C)(C)OC(C#N)(Cc1ccccc1)[Si](C)(C)C. The summed E-state index contributed by atoms with van der Waals surface area (Å²) >= 11 is 0. The van der Waals surface area contributed by atoms with Gasteiger partial charge in [-0.3, -0.25) is 0 Å². The third-order valence-corrected chi connectivity index (χ3v) is 7.15. The first-order valence-electron chi connectivity index (χ1n) is 6.75.